The van der Waals surface area contributed by atoms with E-state index in [0.717, 1.165) is 12.8 Å². The first kappa shape index (κ1) is 27.6. The monoisotopic (exact) mass is 490 g/mol. The number of ether oxygens (including phenoxy) is 1. The number of rotatable bonds is 13. The second kappa shape index (κ2) is 11.4. The summed E-state index contributed by atoms with van der Waals surface area (Å²) in [4.78, 5) is 25.5. The number of fused-ring (bicyclic) bond motifs is 1. The van der Waals surface area contributed by atoms with E-state index in [1.807, 2.05) is 0 Å². The number of esters is 1. The van der Waals surface area contributed by atoms with Gasteiger partial charge in [-0.3, -0.25) is 9.59 Å². The predicted octanol–water partition coefficient (Wildman–Crippen LogP) is 7.48. The molecule has 0 bridgehead atoms. The van der Waals surface area contributed by atoms with Crippen LogP contribution in [0.2, 0.25) is 18.1 Å². The van der Waals surface area contributed by atoms with Gasteiger partial charge < -0.3 is 9.16 Å². The van der Waals surface area contributed by atoms with Gasteiger partial charge in [0.15, 0.2) is 14.1 Å². The summed E-state index contributed by atoms with van der Waals surface area (Å²) in [6, 6.07) is 3.65. The van der Waals surface area contributed by atoms with Gasteiger partial charge in [0.05, 0.1) is 6.61 Å². The predicted molar refractivity (Wildman–Crippen MR) is 141 cm³/mol. The maximum absolute atomic E-state index is 13.0. The van der Waals surface area contributed by atoms with Crippen LogP contribution in [-0.2, 0) is 18.8 Å². The van der Waals surface area contributed by atoms with Gasteiger partial charge in [0.25, 0.3) is 0 Å². The summed E-state index contributed by atoms with van der Waals surface area (Å²) in [6.07, 6.45) is 13.5. The number of unbranched alkanes of at least 4 members (excludes halogenated alkanes) is 1. The summed E-state index contributed by atoms with van der Waals surface area (Å²) in [7, 11) is -1.62. The Hall–Kier alpha value is -0.943. The Labute approximate surface area is 209 Å². The van der Waals surface area contributed by atoms with Crippen LogP contribution < -0.4 is 0 Å². The van der Waals surface area contributed by atoms with E-state index >= 15 is 0 Å². The number of carbonyl (C=O) groups excluding carboxylic acids is 2. The highest BCUT2D eigenvalue weighted by molar-refractivity contribution is 6.73. The fourth-order valence-corrected chi connectivity index (χ4v) is 10.1. The molecule has 3 saturated carbocycles. The molecule has 3 rings (SSSR count). The lowest BCUT2D eigenvalue weighted by Crippen LogP contribution is -2.48. The summed E-state index contributed by atoms with van der Waals surface area (Å²) in [5, 5.41) is 0. The van der Waals surface area contributed by atoms with Gasteiger partial charge >= 0.3 is 5.97 Å². The molecule has 0 aromatic carbocycles. The fourth-order valence-electron chi connectivity index (χ4n) is 7.14. The Morgan fingerprint density at radius 3 is 2.29 bits per heavy atom. The van der Waals surface area contributed by atoms with Crippen LogP contribution in [0.4, 0.5) is 0 Å². The minimum absolute atomic E-state index is 0.0463. The molecule has 4 nitrogen and oxygen atoms in total. The zero-order valence-electron chi connectivity index (χ0n) is 22.8. The lowest BCUT2D eigenvalue weighted by Gasteiger charge is -2.48. The number of allylic oxidation sites excluding steroid dienone is 2. The molecule has 0 amide bonds. The van der Waals surface area contributed by atoms with Crippen LogP contribution in [0.5, 0.6) is 0 Å². The Balaban J connectivity index is 1.65. The molecule has 0 aromatic rings. The van der Waals surface area contributed by atoms with Crippen molar-refractivity contribution >= 4 is 20.1 Å². The summed E-state index contributed by atoms with van der Waals surface area (Å²) >= 11 is 0. The number of hydrogen-bond donors (Lipinski definition) is 0. The van der Waals surface area contributed by atoms with Crippen molar-refractivity contribution in [2.75, 3.05) is 6.61 Å². The van der Waals surface area contributed by atoms with Crippen LogP contribution in [0.15, 0.2) is 12.2 Å². The molecule has 34 heavy (non-hydrogen) atoms. The third-order valence-electron chi connectivity index (χ3n) is 10.00. The maximum Gasteiger partial charge on any atom is 0.319 e. The van der Waals surface area contributed by atoms with E-state index in [9.17, 15) is 9.59 Å². The first-order valence-electron chi connectivity index (χ1n) is 14.3. The molecule has 5 atom stereocenters. The van der Waals surface area contributed by atoms with E-state index in [1.54, 1.807) is 6.08 Å². The minimum Gasteiger partial charge on any atom is -0.465 e. The lowest BCUT2D eigenvalue weighted by molar-refractivity contribution is -0.153. The highest BCUT2D eigenvalue weighted by Crippen LogP contribution is 2.59. The van der Waals surface area contributed by atoms with Crippen molar-refractivity contribution < 1.29 is 18.8 Å². The van der Waals surface area contributed by atoms with Crippen LogP contribution in [0, 0.1) is 28.6 Å². The van der Waals surface area contributed by atoms with Gasteiger partial charge in [0, 0.05) is 6.10 Å². The summed E-state index contributed by atoms with van der Waals surface area (Å²) in [5.74, 6) is 1.18. The molecule has 0 unspecified atom stereocenters. The van der Waals surface area contributed by atoms with Crippen LogP contribution in [0.1, 0.15) is 99.3 Å². The third-order valence-corrected chi connectivity index (χ3v) is 14.7. The second-order valence-corrected chi connectivity index (χ2v) is 16.5. The van der Waals surface area contributed by atoms with Crippen molar-refractivity contribution in [1.82, 2.24) is 0 Å². The van der Waals surface area contributed by atoms with Crippen LogP contribution in [0.25, 0.3) is 0 Å². The second-order valence-electron chi connectivity index (χ2n) is 11.7. The Morgan fingerprint density at radius 1 is 1.03 bits per heavy atom. The van der Waals surface area contributed by atoms with E-state index in [-0.39, 0.29) is 17.2 Å². The van der Waals surface area contributed by atoms with E-state index in [0.29, 0.717) is 43.3 Å². The van der Waals surface area contributed by atoms with E-state index in [2.05, 4.69) is 47.6 Å². The smallest absolute Gasteiger partial charge is 0.319 e. The number of carbonyl (C=O) groups is 2. The summed E-state index contributed by atoms with van der Waals surface area (Å²) in [5.41, 5.74) is -0.605. The van der Waals surface area contributed by atoms with Gasteiger partial charge in [-0.2, -0.15) is 0 Å². The summed E-state index contributed by atoms with van der Waals surface area (Å²) in [6.45, 7) is 14.2. The molecule has 3 aliphatic carbocycles. The minimum atomic E-state index is -1.62. The fraction of sp³-hybridized carbons (Fsp3) is 0.862. The standard InChI is InChI=1S/C29H50O4Si/c1-7-11-21-32-27(31)29(19-20-29)26(30)17-14-22(5)23-15-16-24-25(13-12-18-28(23,24)6)33-34(8-2,9-3)10-4/h14,17,22-25H,7-13,15-16,18-21H2,1-6H3/b17-14+/t22-,23-,24+,25+,28-/m1/s1. The van der Waals surface area contributed by atoms with Crippen molar-refractivity contribution in [3.05, 3.63) is 12.2 Å². The molecule has 3 aliphatic rings. The first-order valence-corrected chi connectivity index (χ1v) is 16.8. The van der Waals surface area contributed by atoms with Crippen molar-refractivity contribution in [2.45, 2.75) is 124 Å². The molecule has 5 heteroatoms. The zero-order valence-corrected chi connectivity index (χ0v) is 23.8. The molecule has 0 aromatic heterocycles. The quantitative estimate of drug-likeness (QED) is 0.0883. The number of hydrogen-bond acceptors (Lipinski definition) is 4. The maximum atomic E-state index is 13.0. The van der Waals surface area contributed by atoms with E-state index < -0.39 is 13.7 Å². The highest BCUT2D eigenvalue weighted by atomic mass is 28.4. The van der Waals surface area contributed by atoms with Gasteiger partial charge in [0.2, 0.25) is 0 Å². The van der Waals surface area contributed by atoms with Crippen LogP contribution in [-0.4, -0.2) is 32.8 Å². The van der Waals surface area contributed by atoms with Gasteiger partial charge in [-0.1, -0.05) is 60.5 Å². The largest absolute Gasteiger partial charge is 0.465 e. The van der Waals surface area contributed by atoms with Crippen molar-refractivity contribution in [3.8, 4) is 0 Å². The highest BCUT2D eigenvalue weighted by Gasteiger charge is 2.57. The van der Waals surface area contributed by atoms with E-state index in [4.69, 9.17) is 9.16 Å². The SMILES string of the molecule is CCCCOC(=O)C1(C(=O)/C=C/[C@@H](C)[C@H]2CC[C@H]3[C@@H](O[Si](CC)(CC)CC)CCC[C@]23C)CC1. The zero-order chi connectivity index (χ0) is 25.0. The van der Waals surface area contributed by atoms with Gasteiger partial charge in [-0.15, -0.1) is 0 Å². The molecule has 0 aliphatic heterocycles. The summed E-state index contributed by atoms with van der Waals surface area (Å²) < 4.78 is 12.5. The topological polar surface area (TPSA) is 52.6 Å². The molecule has 0 heterocycles. The van der Waals surface area contributed by atoms with Crippen LogP contribution >= 0.6 is 0 Å². The first-order chi connectivity index (χ1) is 16.2. The average Bonchev–Trinajstić information content (AvgIpc) is 3.57. The lowest BCUT2D eigenvalue weighted by atomic mass is 9.62. The molecular formula is C29H50O4Si. The molecule has 194 valence electrons. The van der Waals surface area contributed by atoms with Gasteiger partial charge in [0.1, 0.15) is 5.41 Å². The third kappa shape index (κ3) is 5.40. The van der Waals surface area contributed by atoms with Gasteiger partial charge in [-0.05, 0) is 92.3 Å². The molecule has 0 radical (unpaired) electrons. The molecule has 0 saturated heterocycles. The average molecular weight is 491 g/mol. The molecular weight excluding hydrogens is 440 g/mol. The normalized spacial score (nSPS) is 31.3. The van der Waals surface area contributed by atoms with Crippen LogP contribution in [0.3, 0.4) is 0 Å². The molecule has 3 fully saturated rings. The molecule has 0 spiro atoms. The number of ketones is 1. The van der Waals surface area contributed by atoms with Crippen molar-refractivity contribution in [3.63, 3.8) is 0 Å². The Morgan fingerprint density at radius 2 is 1.71 bits per heavy atom. The van der Waals surface area contributed by atoms with E-state index in [1.165, 1.54) is 50.2 Å². The Bertz CT molecular complexity index is 730. The Kier molecular flexibility index (Phi) is 9.28. The van der Waals surface area contributed by atoms with Crippen molar-refractivity contribution in [1.29, 1.82) is 0 Å². The van der Waals surface area contributed by atoms with Gasteiger partial charge in [-0.25, -0.2) is 0 Å². The van der Waals surface area contributed by atoms with Crippen molar-refractivity contribution in [2.24, 2.45) is 28.6 Å². The molecule has 0 N–H and O–H groups in total.